The highest BCUT2D eigenvalue weighted by Gasteiger charge is 2.25. The van der Waals surface area contributed by atoms with Gasteiger partial charge >= 0.3 is 0 Å². The second kappa shape index (κ2) is 5.47. The zero-order valence-electron chi connectivity index (χ0n) is 11.4. The molecule has 1 fully saturated rings. The number of aryl methyl sites for hydroxylation is 1. The Hall–Kier alpha value is -1.44. The first-order valence-electron chi connectivity index (χ1n) is 6.70. The summed E-state index contributed by atoms with van der Waals surface area (Å²) < 4.78 is 0. The van der Waals surface area contributed by atoms with Crippen LogP contribution in [0.25, 0.3) is 0 Å². The van der Waals surface area contributed by atoms with Crippen molar-refractivity contribution in [1.82, 2.24) is 0 Å². The molecule has 2 heteroatoms. The number of aliphatic imine (C=N–C) groups is 1. The maximum Gasteiger partial charge on any atom is 0.203 e. The minimum atomic E-state index is 0.0307. The van der Waals surface area contributed by atoms with Gasteiger partial charge in [-0.3, -0.25) is 9.79 Å². The molecule has 1 aliphatic carbocycles. The predicted octanol–water partition coefficient (Wildman–Crippen LogP) is 3.60. The Morgan fingerprint density at radius 2 is 2.17 bits per heavy atom. The lowest BCUT2D eigenvalue weighted by atomic mass is 9.75. The van der Waals surface area contributed by atoms with Crippen LogP contribution in [0.15, 0.2) is 23.2 Å². The summed E-state index contributed by atoms with van der Waals surface area (Å²) in [5.41, 5.74) is 2.99. The molecule has 0 saturated heterocycles. The van der Waals surface area contributed by atoms with Crippen LogP contribution in [-0.4, -0.2) is 18.5 Å². The van der Waals surface area contributed by atoms with Gasteiger partial charge in [0.25, 0.3) is 0 Å². The van der Waals surface area contributed by atoms with Gasteiger partial charge in [0.05, 0.1) is 6.21 Å². The minimum absolute atomic E-state index is 0.0307. The zero-order valence-corrected chi connectivity index (χ0v) is 11.4. The summed E-state index contributed by atoms with van der Waals surface area (Å²) in [7, 11) is 0. The summed E-state index contributed by atoms with van der Waals surface area (Å²) in [4.78, 5) is 16.4. The molecule has 1 aliphatic rings. The van der Waals surface area contributed by atoms with Crippen LogP contribution in [0.2, 0.25) is 0 Å². The Morgan fingerprint density at radius 3 is 2.78 bits per heavy atom. The quantitative estimate of drug-likeness (QED) is 0.587. The molecule has 0 spiro atoms. The molecule has 0 aromatic heterocycles. The minimum Gasteiger partial charge on any atom is -0.289 e. The first-order valence-corrected chi connectivity index (χ1v) is 6.70. The normalized spacial score (nSPS) is 23.1. The van der Waals surface area contributed by atoms with E-state index in [0.29, 0.717) is 5.92 Å². The Morgan fingerprint density at radius 1 is 1.39 bits per heavy atom. The van der Waals surface area contributed by atoms with Gasteiger partial charge in [0, 0.05) is 12.1 Å². The van der Waals surface area contributed by atoms with Crippen molar-refractivity contribution < 1.29 is 4.79 Å². The van der Waals surface area contributed by atoms with Crippen LogP contribution in [0.3, 0.4) is 0 Å². The number of carbonyl (C=O) groups is 1. The first-order chi connectivity index (χ1) is 8.59. The van der Waals surface area contributed by atoms with Gasteiger partial charge in [0.15, 0.2) is 0 Å². The molecular weight excluding hydrogens is 222 g/mol. The molecule has 2 nitrogen and oxygen atoms in total. The second-order valence-electron chi connectivity index (χ2n) is 5.42. The summed E-state index contributed by atoms with van der Waals surface area (Å²) in [5.74, 6) is 1.49. The van der Waals surface area contributed by atoms with E-state index in [0.717, 1.165) is 29.2 Å². The Balaban J connectivity index is 1.99. The Kier molecular flexibility index (Phi) is 3.95. The van der Waals surface area contributed by atoms with Gasteiger partial charge in [-0.25, -0.2) is 0 Å². The van der Waals surface area contributed by atoms with Crippen molar-refractivity contribution in [2.75, 3.05) is 6.54 Å². The summed E-state index contributed by atoms with van der Waals surface area (Å²) in [6.07, 6.45) is 4.08. The molecule has 0 N–H and O–H groups in total. The molecular formula is C16H21NO. The molecule has 0 aliphatic heterocycles. The lowest BCUT2D eigenvalue weighted by Crippen LogP contribution is -2.25. The highest BCUT2D eigenvalue weighted by molar-refractivity contribution is 6.35. The largest absolute Gasteiger partial charge is 0.289 e. The zero-order chi connectivity index (χ0) is 13.1. The van der Waals surface area contributed by atoms with Crippen molar-refractivity contribution in [3.8, 4) is 0 Å². The molecule has 1 aromatic rings. The van der Waals surface area contributed by atoms with Crippen molar-refractivity contribution in [3.05, 3.63) is 34.9 Å². The number of Topliss-reactive ketones (excluding diaryl/α,β-unsaturated/α-hetero) is 1. The highest BCUT2D eigenvalue weighted by atomic mass is 16.1. The fraction of sp³-hybridized carbons (Fsp3) is 0.500. The average molecular weight is 243 g/mol. The molecule has 2 unspecified atom stereocenters. The van der Waals surface area contributed by atoms with E-state index in [9.17, 15) is 4.79 Å². The topological polar surface area (TPSA) is 29.4 Å². The molecule has 2 atom stereocenters. The van der Waals surface area contributed by atoms with E-state index in [1.165, 1.54) is 19.1 Å². The van der Waals surface area contributed by atoms with Gasteiger partial charge in [0.1, 0.15) is 0 Å². The van der Waals surface area contributed by atoms with Crippen LogP contribution in [0.4, 0.5) is 0 Å². The van der Waals surface area contributed by atoms with Crippen molar-refractivity contribution >= 4 is 12.0 Å². The van der Waals surface area contributed by atoms with Gasteiger partial charge in [0.2, 0.25) is 5.78 Å². The van der Waals surface area contributed by atoms with Gasteiger partial charge < -0.3 is 0 Å². The molecule has 2 rings (SSSR count). The fourth-order valence-electron chi connectivity index (χ4n) is 2.37. The third-order valence-electron chi connectivity index (χ3n) is 4.22. The van der Waals surface area contributed by atoms with Gasteiger partial charge in [-0.05, 0) is 43.2 Å². The van der Waals surface area contributed by atoms with Gasteiger partial charge in [-0.1, -0.05) is 31.5 Å². The number of benzene rings is 1. The summed E-state index contributed by atoms with van der Waals surface area (Å²) >= 11 is 0. The van der Waals surface area contributed by atoms with Gasteiger partial charge in [-0.2, -0.15) is 0 Å². The lowest BCUT2D eigenvalue weighted by molar-refractivity contribution is 0.106. The van der Waals surface area contributed by atoms with Crippen molar-refractivity contribution in [3.63, 3.8) is 0 Å². The van der Waals surface area contributed by atoms with Crippen molar-refractivity contribution in [1.29, 1.82) is 0 Å². The van der Waals surface area contributed by atoms with Crippen LogP contribution in [-0.2, 0) is 0 Å². The van der Waals surface area contributed by atoms with E-state index in [4.69, 9.17) is 0 Å². The number of ketones is 1. The standard InChI is InChI=1S/C16H21NO/c1-11-5-4-6-15(13(11)3)16(18)10-17-9-14-8-7-12(14)2/h4-6,10,12,14H,7-9H2,1-3H3. The van der Waals surface area contributed by atoms with E-state index >= 15 is 0 Å². The molecule has 1 aromatic carbocycles. The number of rotatable bonds is 4. The average Bonchev–Trinajstić information content (AvgIpc) is 2.35. The fourth-order valence-corrected chi connectivity index (χ4v) is 2.37. The molecule has 18 heavy (non-hydrogen) atoms. The SMILES string of the molecule is Cc1cccc(C(=O)C=NCC2CCC2C)c1C. The van der Waals surface area contributed by atoms with Crippen molar-refractivity contribution in [2.24, 2.45) is 16.8 Å². The van der Waals surface area contributed by atoms with E-state index < -0.39 is 0 Å². The maximum absolute atomic E-state index is 12.0. The Bertz CT molecular complexity index is 476. The Labute approximate surface area is 109 Å². The van der Waals surface area contributed by atoms with Crippen LogP contribution in [0.1, 0.15) is 41.3 Å². The summed E-state index contributed by atoms with van der Waals surface area (Å²) in [6.45, 7) is 7.08. The maximum atomic E-state index is 12.0. The number of carbonyl (C=O) groups excluding carboxylic acids is 1. The predicted molar refractivity (Wildman–Crippen MR) is 75.5 cm³/mol. The third-order valence-corrected chi connectivity index (χ3v) is 4.22. The smallest absolute Gasteiger partial charge is 0.203 e. The number of nitrogens with zero attached hydrogens (tertiary/aromatic N) is 1. The first kappa shape index (κ1) is 13.0. The van der Waals surface area contributed by atoms with Crippen molar-refractivity contribution in [2.45, 2.75) is 33.6 Å². The van der Waals surface area contributed by atoms with Crippen LogP contribution >= 0.6 is 0 Å². The summed E-state index contributed by atoms with van der Waals surface area (Å²) in [6, 6.07) is 5.83. The molecule has 0 bridgehead atoms. The molecule has 0 amide bonds. The molecule has 0 radical (unpaired) electrons. The summed E-state index contributed by atoms with van der Waals surface area (Å²) in [5, 5.41) is 0. The van der Waals surface area contributed by atoms with E-state index in [1.54, 1.807) is 0 Å². The second-order valence-corrected chi connectivity index (χ2v) is 5.42. The monoisotopic (exact) mass is 243 g/mol. The van der Waals surface area contributed by atoms with E-state index in [-0.39, 0.29) is 5.78 Å². The third kappa shape index (κ3) is 2.69. The van der Waals surface area contributed by atoms with Crippen LogP contribution < -0.4 is 0 Å². The van der Waals surface area contributed by atoms with Crippen LogP contribution in [0.5, 0.6) is 0 Å². The lowest BCUT2D eigenvalue weighted by Gasteiger charge is -2.32. The van der Waals surface area contributed by atoms with E-state index in [1.807, 2.05) is 32.0 Å². The number of hydrogen-bond donors (Lipinski definition) is 0. The molecule has 96 valence electrons. The molecule has 0 heterocycles. The van der Waals surface area contributed by atoms with Gasteiger partial charge in [-0.15, -0.1) is 0 Å². The highest BCUT2D eigenvalue weighted by Crippen LogP contribution is 2.33. The number of hydrogen-bond acceptors (Lipinski definition) is 2. The van der Waals surface area contributed by atoms with Crippen LogP contribution in [0, 0.1) is 25.7 Å². The van der Waals surface area contributed by atoms with E-state index in [2.05, 4.69) is 11.9 Å². The molecule has 1 saturated carbocycles.